The predicted octanol–water partition coefficient (Wildman–Crippen LogP) is 2.94. The zero-order chi connectivity index (χ0) is 15.5. The summed E-state index contributed by atoms with van der Waals surface area (Å²) in [6, 6.07) is 4.42. The number of ether oxygens (including phenoxy) is 1. The van der Waals surface area contributed by atoms with Crippen molar-refractivity contribution in [2.45, 2.75) is 46.0 Å². The van der Waals surface area contributed by atoms with Gasteiger partial charge in [0.15, 0.2) is 0 Å². The summed E-state index contributed by atoms with van der Waals surface area (Å²) in [6.45, 7) is 12.1. The fraction of sp³-hybridized carbons (Fsp3) is 0.647. The lowest BCUT2D eigenvalue weighted by atomic mass is 9.79. The standard InChI is InChI=1S/C17H30N2O/c1-11-7-14(12(2)13(9-18)10-19)16(20-6)15(8-11)17(3,4)5/h7-8,12-13H,9-10,18-19H2,1-6H3. The molecule has 0 heterocycles. The van der Waals surface area contributed by atoms with Crippen molar-refractivity contribution in [1.82, 2.24) is 0 Å². The lowest BCUT2D eigenvalue weighted by Crippen LogP contribution is -2.28. The van der Waals surface area contributed by atoms with E-state index in [1.807, 2.05) is 0 Å². The average molecular weight is 278 g/mol. The first-order valence-electron chi connectivity index (χ1n) is 7.35. The zero-order valence-corrected chi connectivity index (χ0v) is 13.8. The van der Waals surface area contributed by atoms with Gasteiger partial charge >= 0.3 is 0 Å². The largest absolute Gasteiger partial charge is 0.496 e. The van der Waals surface area contributed by atoms with Gasteiger partial charge < -0.3 is 16.2 Å². The number of aryl methyl sites for hydroxylation is 1. The minimum absolute atomic E-state index is 0.0484. The third-order valence-corrected chi connectivity index (χ3v) is 4.08. The van der Waals surface area contributed by atoms with Crippen molar-refractivity contribution in [2.24, 2.45) is 17.4 Å². The van der Waals surface area contributed by atoms with Crippen molar-refractivity contribution in [1.29, 1.82) is 0 Å². The summed E-state index contributed by atoms with van der Waals surface area (Å²) < 4.78 is 5.74. The molecule has 0 spiro atoms. The molecule has 0 aliphatic carbocycles. The Labute approximate surface area is 123 Å². The molecule has 0 saturated heterocycles. The molecule has 0 saturated carbocycles. The predicted molar refractivity (Wildman–Crippen MR) is 86.4 cm³/mol. The van der Waals surface area contributed by atoms with Gasteiger partial charge in [-0.3, -0.25) is 0 Å². The van der Waals surface area contributed by atoms with Crippen LogP contribution in [-0.2, 0) is 5.41 Å². The zero-order valence-electron chi connectivity index (χ0n) is 13.8. The molecule has 0 aromatic heterocycles. The Balaban J connectivity index is 3.43. The molecule has 1 aromatic rings. The fourth-order valence-electron chi connectivity index (χ4n) is 2.68. The van der Waals surface area contributed by atoms with Crippen LogP contribution in [0.3, 0.4) is 0 Å². The van der Waals surface area contributed by atoms with Crippen LogP contribution in [0.1, 0.15) is 50.3 Å². The quantitative estimate of drug-likeness (QED) is 0.870. The van der Waals surface area contributed by atoms with Crippen LogP contribution in [0.2, 0.25) is 0 Å². The monoisotopic (exact) mass is 278 g/mol. The summed E-state index contributed by atoms with van der Waals surface area (Å²) in [7, 11) is 1.75. The summed E-state index contributed by atoms with van der Waals surface area (Å²) in [5.41, 5.74) is 15.5. The molecule has 0 aliphatic rings. The van der Waals surface area contributed by atoms with Gasteiger partial charge in [0.2, 0.25) is 0 Å². The second kappa shape index (κ2) is 6.59. The molecule has 0 bridgehead atoms. The molecule has 0 radical (unpaired) electrons. The van der Waals surface area contributed by atoms with Gasteiger partial charge in [-0.15, -0.1) is 0 Å². The lowest BCUT2D eigenvalue weighted by Gasteiger charge is -2.29. The van der Waals surface area contributed by atoms with Gasteiger partial charge in [0.1, 0.15) is 5.75 Å². The number of hydrogen-bond donors (Lipinski definition) is 2. The van der Waals surface area contributed by atoms with Crippen molar-refractivity contribution in [3.63, 3.8) is 0 Å². The van der Waals surface area contributed by atoms with Crippen LogP contribution in [0.5, 0.6) is 5.75 Å². The number of benzene rings is 1. The highest BCUT2D eigenvalue weighted by molar-refractivity contribution is 5.49. The van der Waals surface area contributed by atoms with Crippen LogP contribution in [0.15, 0.2) is 12.1 Å². The van der Waals surface area contributed by atoms with Crippen molar-refractivity contribution in [3.05, 3.63) is 28.8 Å². The Morgan fingerprint density at radius 2 is 1.70 bits per heavy atom. The van der Waals surface area contributed by atoms with Gasteiger partial charge in [0, 0.05) is 5.56 Å². The van der Waals surface area contributed by atoms with E-state index in [2.05, 4.69) is 46.8 Å². The van der Waals surface area contributed by atoms with Gasteiger partial charge in [-0.05, 0) is 42.8 Å². The summed E-state index contributed by atoms with van der Waals surface area (Å²) in [5, 5.41) is 0. The number of methoxy groups -OCH3 is 1. The Morgan fingerprint density at radius 1 is 1.15 bits per heavy atom. The lowest BCUT2D eigenvalue weighted by molar-refractivity contribution is 0.377. The van der Waals surface area contributed by atoms with E-state index < -0.39 is 0 Å². The second-order valence-corrected chi connectivity index (χ2v) is 6.71. The van der Waals surface area contributed by atoms with Crippen molar-refractivity contribution in [2.75, 3.05) is 20.2 Å². The smallest absolute Gasteiger partial charge is 0.126 e. The molecule has 1 rings (SSSR count). The molecular weight excluding hydrogens is 248 g/mol. The number of rotatable bonds is 5. The second-order valence-electron chi connectivity index (χ2n) is 6.71. The number of hydrogen-bond acceptors (Lipinski definition) is 3. The molecule has 0 amide bonds. The highest BCUT2D eigenvalue weighted by Gasteiger charge is 2.26. The van der Waals surface area contributed by atoms with Crippen molar-refractivity contribution in [3.8, 4) is 5.75 Å². The molecule has 1 aromatic carbocycles. The highest BCUT2D eigenvalue weighted by Crippen LogP contribution is 2.40. The molecule has 3 heteroatoms. The first kappa shape index (κ1) is 17.0. The van der Waals surface area contributed by atoms with Crippen LogP contribution in [0.25, 0.3) is 0 Å². The summed E-state index contributed by atoms with van der Waals surface area (Å²) in [6.07, 6.45) is 0. The first-order chi connectivity index (χ1) is 9.26. The highest BCUT2D eigenvalue weighted by atomic mass is 16.5. The van der Waals surface area contributed by atoms with E-state index in [-0.39, 0.29) is 11.3 Å². The van der Waals surface area contributed by atoms with Crippen molar-refractivity contribution >= 4 is 0 Å². The Bertz CT molecular complexity index is 445. The van der Waals surface area contributed by atoms with Gasteiger partial charge in [-0.2, -0.15) is 0 Å². The first-order valence-corrected chi connectivity index (χ1v) is 7.35. The maximum Gasteiger partial charge on any atom is 0.126 e. The summed E-state index contributed by atoms with van der Waals surface area (Å²) >= 11 is 0. The van der Waals surface area contributed by atoms with Gasteiger partial charge in [0.05, 0.1) is 7.11 Å². The molecule has 4 N–H and O–H groups in total. The molecule has 1 atom stereocenters. The van der Waals surface area contributed by atoms with E-state index in [4.69, 9.17) is 16.2 Å². The van der Waals surface area contributed by atoms with E-state index in [0.29, 0.717) is 19.0 Å². The molecule has 20 heavy (non-hydrogen) atoms. The molecule has 0 fully saturated rings. The normalized spacial score (nSPS) is 13.7. The number of nitrogens with two attached hydrogens (primary N) is 2. The van der Waals surface area contributed by atoms with E-state index >= 15 is 0 Å². The maximum atomic E-state index is 5.85. The maximum absolute atomic E-state index is 5.85. The van der Waals surface area contributed by atoms with Crippen LogP contribution in [0, 0.1) is 12.8 Å². The molecule has 3 nitrogen and oxygen atoms in total. The molecule has 0 aliphatic heterocycles. The van der Waals surface area contributed by atoms with Crippen molar-refractivity contribution < 1.29 is 4.74 Å². The fourth-order valence-corrected chi connectivity index (χ4v) is 2.68. The Hall–Kier alpha value is -1.06. The average Bonchev–Trinajstić information content (AvgIpc) is 2.37. The molecule has 1 unspecified atom stereocenters. The summed E-state index contributed by atoms with van der Waals surface area (Å²) in [5.74, 6) is 1.56. The van der Waals surface area contributed by atoms with Crippen LogP contribution >= 0.6 is 0 Å². The van der Waals surface area contributed by atoms with Crippen LogP contribution < -0.4 is 16.2 Å². The Kier molecular flexibility index (Phi) is 5.60. The molecular formula is C17H30N2O. The Morgan fingerprint density at radius 3 is 2.10 bits per heavy atom. The van der Waals surface area contributed by atoms with Gasteiger partial charge in [-0.25, -0.2) is 0 Å². The molecule has 114 valence electrons. The van der Waals surface area contributed by atoms with Crippen LogP contribution in [0.4, 0.5) is 0 Å². The summed E-state index contributed by atoms with van der Waals surface area (Å²) in [4.78, 5) is 0. The van der Waals surface area contributed by atoms with Gasteiger partial charge in [-0.1, -0.05) is 45.4 Å². The topological polar surface area (TPSA) is 61.3 Å². The van der Waals surface area contributed by atoms with E-state index in [1.54, 1.807) is 7.11 Å². The van der Waals surface area contributed by atoms with Crippen LogP contribution in [-0.4, -0.2) is 20.2 Å². The SMILES string of the molecule is COc1c(C(C)C(CN)CN)cc(C)cc1C(C)(C)C. The third kappa shape index (κ3) is 3.53. The minimum Gasteiger partial charge on any atom is -0.496 e. The van der Waals surface area contributed by atoms with E-state index in [1.165, 1.54) is 16.7 Å². The third-order valence-electron chi connectivity index (χ3n) is 4.08. The van der Waals surface area contributed by atoms with E-state index in [9.17, 15) is 0 Å². The minimum atomic E-state index is 0.0484. The van der Waals surface area contributed by atoms with Gasteiger partial charge in [0.25, 0.3) is 0 Å². The van der Waals surface area contributed by atoms with E-state index in [0.717, 1.165) is 5.75 Å².